The zero-order valence-electron chi connectivity index (χ0n) is 13.1. The third-order valence-electron chi connectivity index (χ3n) is 2.96. The minimum absolute atomic E-state index is 0.133. The predicted octanol–water partition coefficient (Wildman–Crippen LogP) is 2.22. The monoisotopic (exact) mass is 312 g/mol. The van der Waals surface area contributed by atoms with Crippen molar-refractivity contribution in [1.29, 1.82) is 5.26 Å². The first-order valence-corrected chi connectivity index (χ1v) is 6.78. The van der Waals surface area contributed by atoms with E-state index in [9.17, 15) is 0 Å². The Labute approximate surface area is 134 Å². The van der Waals surface area contributed by atoms with Gasteiger partial charge in [0.2, 0.25) is 5.88 Å². The molecule has 0 aliphatic carbocycles. The highest BCUT2D eigenvalue weighted by molar-refractivity contribution is 5.77. The van der Waals surface area contributed by atoms with E-state index in [1.54, 1.807) is 31.5 Å². The highest BCUT2D eigenvalue weighted by Gasteiger charge is 2.11. The van der Waals surface area contributed by atoms with Gasteiger partial charge in [0.15, 0.2) is 6.61 Å². The molecule has 0 aromatic carbocycles. The van der Waals surface area contributed by atoms with Gasteiger partial charge in [-0.05, 0) is 25.1 Å². The normalized spacial score (nSPS) is 10.3. The van der Waals surface area contributed by atoms with Gasteiger partial charge in [-0.1, -0.05) is 5.16 Å². The number of hydrogen-bond acceptors (Lipinski definition) is 7. The second kappa shape index (κ2) is 7.75. The summed E-state index contributed by atoms with van der Waals surface area (Å²) in [6.07, 6.45) is 3.04. The molecule has 2 aromatic heterocycles. The standard InChI is InChI=1S/C16H16N4O3/c1-11-6-12(8-17)7-13(20-11)9-19-23-10-14-15(21-2)4-5-18-16(14)22-3/h4-7,9H,10H2,1-3H3/b19-9+. The van der Waals surface area contributed by atoms with Crippen molar-refractivity contribution in [3.05, 3.63) is 46.9 Å². The van der Waals surface area contributed by atoms with Gasteiger partial charge in [-0.3, -0.25) is 4.98 Å². The molecule has 0 N–H and O–H groups in total. The number of ether oxygens (including phenoxy) is 2. The molecule has 0 aliphatic heterocycles. The number of aryl methyl sites for hydroxylation is 1. The molecule has 0 amide bonds. The summed E-state index contributed by atoms with van der Waals surface area (Å²) >= 11 is 0. The molecular formula is C16H16N4O3. The summed E-state index contributed by atoms with van der Waals surface area (Å²) in [5, 5.41) is 12.8. The lowest BCUT2D eigenvalue weighted by Gasteiger charge is -2.10. The van der Waals surface area contributed by atoms with E-state index >= 15 is 0 Å². The van der Waals surface area contributed by atoms with Crippen molar-refractivity contribution in [2.45, 2.75) is 13.5 Å². The number of nitriles is 1. The van der Waals surface area contributed by atoms with E-state index in [4.69, 9.17) is 19.6 Å². The van der Waals surface area contributed by atoms with Crippen LogP contribution in [-0.4, -0.2) is 30.4 Å². The fraction of sp³-hybridized carbons (Fsp3) is 0.250. The summed E-state index contributed by atoms with van der Waals surface area (Å²) in [5.74, 6) is 1.02. The van der Waals surface area contributed by atoms with Crippen molar-refractivity contribution in [2.24, 2.45) is 5.16 Å². The third kappa shape index (κ3) is 4.17. The molecule has 0 saturated carbocycles. The Morgan fingerprint density at radius 3 is 2.83 bits per heavy atom. The summed E-state index contributed by atoms with van der Waals surface area (Å²) < 4.78 is 10.4. The number of hydrogen-bond donors (Lipinski definition) is 0. The maximum atomic E-state index is 8.93. The Morgan fingerprint density at radius 2 is 2.13 bits per heavy atom. The van der Waals surface area contributed by atoms with Crippen LogP contribution in [0, 0.1) is 18.3 Å². The van der Waals surface area contributed by atoms with E-state index in [1.807, 2.05) is 6.92 Å². The molecule has 0 saturated heterocycles. The van der Waals surface area contributed by atoms with Crippen LogP contribution in [0.3, 0.4) is 0 Å². The third-order valence-corrected chi connectivity index (χ3v) is 2.96. The van der Waals surface area contributed by atoms with Crippen LogP contribution in [0.1, 0.15) is 22.5 Å². The Kier molecular flexibility index (Phi) is 5.47. The smallest absolute Gasteiger partial charge is 0.223 e. The number of pyridine rings is 2. The van der Waals surface area contributed by atoms with Gasteiger partial charge in [0.1, 0.15) is 5.75 Å². The second-order valence-electron chi connectivity index (χ2n) is 4.54. The Balaban J connectivity index is 2.08. The second-order valence-corrected chi connectivity index (χ2v) is 4.54. The topological polar surface area (TPSA) is 89.6 Å². The van der Waals surface area contributed by atoms with Crippen LogP contribution < -0.4 is 9.47 Å². The first-order chi connectivity index (χ1) is 11.2. The summed E-state index contributed by atoms with van der Waals surface area (Å²) in [6.45, 7) is 1.94. The van der Waals surface area contributed by atoms with Crippen molar-refractivity contribution < 1.29 is 14.3 Å². The van der Waals surface area contributed by atoms with E-state index in [1.165, 1.54) is 13.3 Å². The molecule has 118 valence electrons. The number of methoxy groups -OCH3 is 2. The fourth-order valence-corrected chi connectivity index (χ4v) is 1.97. The molecule has 2 heterocycles. The van der Waals surface area contributed by atoms with Gasteiger partial charge in [-0.2, -0.15) is 5.26 Å². The number of rotatable bonds is 6. The minimum atomic E-state index is 0.133. The largest absolute Gasteiger partial charge is 0.496 e. The molecule has 0 radical (unpaired) electrons. The van der Waals surface area contributed by atoms with Gasteiger partial charge in [-0.15, -0.1) is 0 Å². The molecule has 7 nitrogen and oxygen atoms in total. The first kappa shape index (κ1) is 16.2. The SMILES string of the molecule is COc1ccnc(OC)c1CO/N=C/c1cc(C#N)cc(C)n1. The van der Waals surface area contributed by atoms with Crippen LogP contribution >= 0.6 is 0 Å². The number of nitrogens with zero attached hydrogens (tertiary/aromatic N) is 4. The minimum Gasteiger partial charge on any atom is -0.496 e. The highest BCUT2D eigenvalue weighted by Crippen LogP contribution is 2.26. The van der Waals surface area contributed by atoms with Crippen LogP contribution in [0.2, 0.25) is 0 Å². The van der Waals surface area contributed by atoms with E-state index in [-0.39, 0.29) is 6.61 Å². The molecule has 23 heavy (non-hydrogen) atoms. The van der Waals surface area contributed by atoms with Crippen LogP contribution in [-0.2, 0) is 11.4 Å². The van der Waals surface area contributed by atoms with Gasteiger partial charge in [0.05, 0.1) is 43.3 Å². The summed E-state index contributed by atoms with van der Waals surface area (Å²) in [7, 11) is 3.08. The molecule has 0 fully saturated rings. The van der Waals surface area contributed by atoms with Crippen molar-refractivity contribution >= 4 is 6.21 Å². The van der Waals surface area contributed by atoms with E-state index in [0.717, 1.165) is 5.69 Å². The van der Waals surface area contributed by atoms with Crippen molar-refractivity contribution in [3.8, 4) is 17.7 Å². The van der Waals surface area contributed by atoms with Gasteiger partial charge < -0.3 is 14.3 Å². The maximum absolute atomic E-state index is 8.93. The molecule has 7 heteroatoms. The molecule has 2 rings (SSSR count). The molecule has 0 unspecified atom stereocenters. The molecular weight excluding hydrogens is 296 g/mol. The van der Waals surface area contributed by atoms with Gasteiger partial charge >= 0.3 is 0 Å². The van der Waals surface area contributed by atoms with E-state index < -0.39 is 0 Å². The number of aromatic nitrogens is 2. The molecule has 0 atom stereocenters. The molecule has 2 aromatic rings. The van der Waals surface area contributed by atoms with E-state index in [0.29, 0.717) is 28.5 Å². The Hall–Kier alpha value is -3.14. The predicted molar refractivity (Wildman–Crippen MR) is 83.4 cm³/mol. The lowest BCUT2D eigenvalue weighted by Crippen LogP contribution is -2.00. The lowest BCUT2D eigenvalue weighted by atomic mass is 10.2. The molecule has 0 bridgehead atoms. The quantitative estimate of drug-likeness (QED) is 0.600. The summed E-state index contributed by atoms with van der Waals surface area (Å²) in [4.78, 5) is 13.6. The summed E-state index contributed by atoms with van der Waals surface area (Å²) in [5.41, 5.74) is 2.46. The van der Waals surface area contributed by atoms with Crippen LogP contribution in [0.5, 0.6) is 11.6 Å². The van der Waals surface area contributed by atoms with Crippen LogP contribution in [0.25, 0.3) is 0 Å². The van der Waals surface area contributed by atoms with Gasteiger partial charge in [0, 0.05) is 11.9 Å². The zero-order valence-corrected chi connectivity index (χ0v) is 13.1. The Morgan fingerprint density at radius 1 is 1.30 bits per heavy atom. The highest BCUT2D eigenvalue weighted by atomic mass is 16.6. The maximum Gasteiger partial charge on any atom is 0.223 e. The fourth-order valence-electron chi connectivity index (χ4n) is 1.97. The molecule has 0 aliphatic rings. The van der Waals surface area contributed by atoms with Crippen molar-refractivity contribution in [2.75, 3.05) is 14.2 Å². The lowest BCUT2D eigenvalue weighted by molar-refractivity contribution is 0.127. The average Bonchev–Trinajstić information content (AvgIpc) is 2.57. The van der Waals surface area contributed by atoms with Crippen LogP contribution in [0.15, 0.2) is 29.6 Å². The Bertz CT molecular complexity index is 731. The van der Waals surface area contributed by atoms with E-state index in [2.05, 4.69) is 21.2 Å². The van der Waals surface area contributed by atoms with Crippen molar-refractivity contribution in [3.63, 3.8) is 0 Å². The van der Waals surface area contributed by atoms with Crippen LogP contribution in [0.4, 0.5) is 0 Å². The molecule has 0 spiro atoms. The zero-order chi connectivity index (χ0) is 16.7. The van der Waals surface area contributed by atoms with Crippen molar-refractivity contribution in [1.82, 2.24) is 9.97 Å². The van der Waals surface area contributed by atoms with Gasteiger partial charge in [-0.25, -0.2) is 4.98 Å². The summed E-state index contributed by atoms with van der Waals surface area (Å²) in [6, 6.07) is 7.11. The first-order valence-electron chi connectivity index (χ1n) is 6.78. The van der Waals surface area contributed by atoms with Gasteiger partial charge in [0.25, 0.3) is 0 Å². The number of oxime groups is 1. The average molecular weight is 312 g/mol.